The van der Waals surface area contributed by atoms with E-state index in [1.807, 2.05) is 29.2 Å². The molecule has 2 aromatic rings. The Bertz CT molecular complexity index is 606. The normalized spacial score (nSPS) is 18.7. The highest BCUT2D eigenvalue weighted by molar-refractivity contribution is 5.79. The molecule has 1 N–H and O–H groups in total. The van der Waals surface area contributed by atoms with Gasteiger partial charge in [-0.3, -0.25) is 9.89 Å². The molecule has 1 aliphatic heterocycles. The number of hydrogen-bond acceptors (Lipinski definition) is 2. The Kier molecular flexibility index (Phi) is 4.04. The molecule has 4 nitrogen and oxygen atoms in total. The van der Waals surface area contributed by atoms with Gasteiger partial charge in [0.1, 0.15) is 0 Å². The fraction of sp³-hybridized carbons (Fsp3) is 0.412. The number of carbonyl (C=O) groups excluding carboxylic acids is 1. The number of aryl methyl sites for hydroxylation is 1. The average molecular weight is 283 g/mol. The van der Waals surface area contributed by atoms with Crippen molar-refractivity contribution in [2.24, 2.45) is 0 Å². The van der Waals surface area contributed by atoms with Gasteiger partial charge >= 0.3 is 0 Å². The third-order valence-corrected chi connectivity index (χ3v) is 4.34. The zero-order chi connectivity index (χ0) is 14.7. The average Bonchev–Trinajstić information content (AvgIpc) is 3.04. The molecule has 1 saturated heterocycles. The molecule has 4 heteroatoms. The number of piperidine rings is 1. The van der Waals surface area contributed by atoms with E-state index in [4.69, 9.17) is 0 Å². The SMILES string of the molecule is Cc1ccccc1CC(=O)N1CCCC(c2ccn[nH]2)C1. The van der Waals surface area contributed by atoms with Gasteiger partial charge < -0.3 is 4.90 Å². The minimum atomic E-state index is 0.230. The Labute approximate surface area is 125 Å². The topological polar surface area (TPSA) is 49.0 Å². The molecule has 1 amide bonds. The van der Waals surface area contributed by atoms with Crippen LogP contribution in [0.2, 0.25) is 0 Å². The molecule has 0 radical (unpaired) electrons. The van der Waals surface area contributed by atoms with Crippen molar-refractivity contribution < 1.29 is 4.79 Å². The van der Waals surface area contributed by atoms with Crippen molar-refractivity contribution in [1.82, 2.24) is 15.1 Å². The molecule has 1 aromatic carbocycles. The van der Waals surface area contributed by atoms with Crippen LogP contribution in [0.1, 0.15) is 35.6 Å². The van der Waals surface area contributed by atoms with E-state index in [0.717, 1.165) is 37.2 Å². The summed E-state index contributed by atoms with van der Waals surface area (Å²) in [6.07, 6.45) is 4.46. The molecule has 0 saturated carbocycles. The van der Waals surface area contributed by atoms with E-state index >= 15 is 0 Å². The quantitative estimate of drug-likeness (QED) is 0.941. The van der Waals surface area contributed by atoms with E-state index in [1.165, 1.54) is 5.56 Å². The Morgan fingerprint density at radius 2 is 2.24 bits per heavy atom. The predicted octanol–water partition coefficient (Wildman–Crippen LogP) is 2.67. The van der Waals surface area contributed by atoms with Crippen molar-refractivity contribution in [2.75, 3.05) is 13.1 Å². The first kappa shape index (κ1) is 13.9. The fourth-order valence-electron chi connectivity index (χ4n) is 3.03. The molecule has 1 aromatic heterocycles. The molecule has 0 aliphatic carbocycles. The van der Waals surface area contributed by atoms with Crippen LogP contribution in [0.25, 0.3) is 0 Å². The van der Waals surface area contributed by atoms with Crippen LogP contribution < -0.4 is 0 Å². The first-order chi connectivity index (χ1) is 10.2. The van der Waals surface area contributed by atoms with Gasteiger partial charge in [0.25, 0.3) is 0 Å². The van der Waals surface area contributed by atoms with Crippen molar-refractivity contribution in [3.8, 4) is 0 Å². The van der Waals surface area contributed by atoms with Crippen LogP contribution >= 0.6 is 0 Å². The summed E-state index contributed by atoms with van der Waals surface area (Å²) in [5.74, 6) is 0.621. The Balaban J connectivity index is 1.66. The number of rotatable bonds is 3. The molecule has 21 heavy (non-hydrogen) atoms. The summed E-state index contributed by atoms with van der Waals surface area (Å²) in [5.41, 5.74) is 3.46. The fourth-order valence-corrected chi connectivity index (χ4v) is 3.03. The van der Waals surface area contributed by atoms with Crippen LogP contribution in [0.4, 0.5) is 0 Å². The molecular weight excluding hydrogens is 262 g/mol. The van der Waals surface area contributed by atoms with E-state index in [9.17, 15) is 4.79 Å². The Morgan fingerprint density at radius 1 is 1.38 bits per heavy atom. The van der Waals surface area contributed by atoms with Gasteiger partial charge in [-0.05, 0) is 37.0 Å². The lowest BCUT2D eigenvalue weighted by atomic mass is 9.94. The largest absolute Gasteiger partial charge is 0.342 e. The van der Waals surface area contributed by atoms with E-state index in [0.29, 0.717) is 12.3 Å². The van der Waals surface area contributed by atoms with Gasteiger partial charge in [0.15, 0.2) is 0 Å². The zero-order valence-electron chi connectivity index (χ0n) is 12.4. The van der Waals surface area contributed by atoms with E-state index < -0.39 is 0 Å². The van der Waals surface area contributed by atoms with Crippen molar-refractivity contribution in [2.45, 2.75) is 32.1 Å². The number of benzene rings is 1. The van der Waals surface area contributed by atoms with Gasteiger partial charge in [-0.1, -0.05) is 24.3 Å². The van der Waals surface area contributed by atoms with E-state index in [1.54, 1.807) is 6.20 Å². The van der Waals surface area contributed by atoms with Crippen molar-refractivity contribution in [1.29, 1.82) is 0 Å². The smallest absolute Gasteiger partial charge is 0.227 e. The number of aromatic nitrogens is 2. The summed E-state index contributed by atoms with van der Waals surface area (Å²) in [4.78, 5) is 14.5. The summed E-state index contributed by atoms with van der Waals surface area (Å²) >= 11 is 0. The third kappa shape index (κ3) is 3.15. The summed E-state index contributed by atoms with van der Waals surface area (Å²) in [5, 5.41) is 7.06. The molecule has 0 bridgehead atoms. The van der Waals surface area contributed by atoms with Gasteiger partial charge in [0, 0.05) is 30.9 Å². The van der Waals surface area contributed by atoms with Crippen molar-refractivity contribution in [3.63, 3.8) is 0 Å². The second-order valence-corrected chi connectivity index (χ2v) is 5.79. The molecule has 110 valence electrons. The molecule has 2 heterocycles. The maximum atomic E-state index is 12.5. The molecule has 1 unspecified atom stereocenters. The van der Waals surface area contributed by atoms with Crippen LogP contribution in [-0.2, 0) is 11.2 Å². The lowest BCUT2D eigenvalue weighted by Crippen LogP contribution is -2.40. The number of amides is 1. The number of H-pyrrole nitrogens is 1. The highest BCUT2D eigenvalue weighted by Gasteiger charge is 2.25. The number of carbonyl (C=O) groups is 1. The molecule has 1 atom stereocenters. The molecular formula is C17H21N3O. The predicted molar refractivity (Wildman–Crippen MR) is 82.0 cm³/mol. The van der Waals surface area contributed by atoms with Crippen LogP contribution in [0.3, 0.4) is 0 Å². The minimum absolute atomic E-state index is 0.230. The summed E-state index contributed by atoms with van der Waals surface area (Å²) < 4.78 is 0. The second-order valence-electron chi connectivity index (χ2n) is 5.79. The van der Waals surface area contributed by atoms with E-state index in [-0.39, 0.29) is 5.91 Å². The molecule has 1 fully saturated rings. The monoisotopic (exact) mass is 283 g/mol. The number of nitrogens with one attached hydrogen (secondary N) is 1. The van der Waals surface area contributed by atoms with E-state index in [2.05, 4.69) is 23.2 Å². The zero-order valence-corrected chi connectivity index (χ0v) is 12.4. The number of nitrogens with zero attached hydrogens (tertiary/aromatic N) is 2. The number of likely N-dealkylation sites (tertiary alicyclic amines) is 1. The van der Waals surface area contributed by atoms with Gasteiger partial charge in [0.05, 0.1) is 6.42 Å². The second kappa shape index (κ2) is 6.12. The van der Waals surface area contributed by atoms with Gasteiger partial charge in [-0.25, -0.2) is 0 Å². The Morgan fingerprint density at radius 3 is 3.00 bits per heavy atom. The highest BCUT2D eigenvalue weighted by Crippen LogP contribution is 2.25. The lowest BCUT2D eigenvalue weighted by Gasteiger charge is -2.32. The van der Waals surface area contributed by atoms with Crippen LogP contribution in [-0.4, -0.2) is 34.1 Å². The van der Waals surface area contributed by atoms with Crippen molar-refractivity contribution in [3.05, 3.63) is 53.3 Å². The van der Waals surface area contributed by atoms with Crippen LogP contribution in [0.15, 0.2) is 36.5 Å². The van der Waals surface area contributed by atoms with Crippen molar-refractivity contribution >= 4 is 5.91 Å². The maximum Gasteiger partial charge on any atom is 0.227 e. The molecule has 1 aliphatic rings. The standard InChI is InChI=1S/C17H21N3O/c1-13-5-2-3-6-14(13)11-17(21)20-10-4-7-15(12-20)16-8-9-18-19-16/h2-3,5-6,8-9,15H,4,7,10-12H2,1H3,(H,18,19). The third-order valence-electron chi connectivity index (χ3n) is 4.34. The number of hydrogen-bond donors (Lipinski definition) is 1. The first-order valence-electron chi connectivity index (χ1n) is 7.55. The lowest BCUT2D eigenvalue weighted by molar-refractivity contribution is -0.131. The minimum Gasteiger partial charge on any atom is -0.342 e. The van der Waals surface area contributed by atoms with Gasteiger partial charge in [0.2, 0.25) is 5.91 Å². The maximum absolute atomic E-state index is 12.5. The summed E-state index contributed by atoms with van der Waals surface area (Å²) in [6, 6.07) is 10.1. The van der Waals surface area contributed by atoms with Crippen LogP contribution in [0.5, 0.6) is 0 Å². The summed E-state index contributed by atoms with van der Waals surface area (Å²) in [7, 11) is 0. The molecule has 3 rings (SSSR count). The first-order valence-corrected chi connectivity index (χ1v) is 7.55. The van der Waals surface area contributed by atoms with Crippen LogP contribution in [0, 0.1) is 6.92 Å². The van der Waals surface area contributed by atoms with Gasteiger partial charge in [-0.2, -0.15) is 5.10 Å². The Hall–Kier alpha value is -2.10. The highest BCUT2D eigenvalue weighted by atomic mass is 16.2. The van der Waals surface area contributed by atoms with Gasteiger partial charge in [-0.15, -0.1) is 0 Å². The molecule has 0 spiro atoms. The number of aromatic amines is 1. The summed E-state index contributed by atoms with van der Waals surface area (Å²) in [6.45, 7) is 3.73.